The van der Waals surface area contributed by atoms with Crippen LogP contribution in [0.2, 0.25) is 0 Å². The minimum atomic E-state index is -1.29. The van der Waals surface area contributed by atoms with Gasteiger partial charge >= 0.3 is 12.1 Å². The van der Waals surface area contributed by atoms with E-state index in [1.54, 1.807) is 50.2 Å². The lowest BCUT2D eigenvalue weighted by Crippen LogP contribution is -2.52. The van der Waals surface area contributed by atoms with Crippen LogP contribution in [0.25, 0.3) is 16.7 Å². The first-order valence-electron chi connectivity index (χ1n) is 12.1. The molecule has 2 N–H and O–H groups in total. The van der Waals surface area contributed by atoms with Gasteiger partial charge in [-0.05, 0) is 18.2 Å². The van der Waals surface area contributed by atoms with Crippen LogP contribution in [0.1, 0.15) is 20.3 Å². The number of carbonyl (C=O) groups is 3. The van der Waals surface area contributed by atoms with Crippen molar-refractivity contribution < 1.29 is 33.7 Å². The summed E-state index contributed by atoms with van der Waals surface area (Å²) in [5.74, 6) is 1.34. The predicted molar refractivity (Wildman–Crippen MR) is 144 cm³/mol. The number of benzene rings is 1. The molecule has 4 rings (SSSR count). The van der Waals surface area contributed by atoms with Crippen LogP contribution in [-0.2, 0) is 14.3 Å². The topological polar surface area (TPSA) is 145 Å². The van der Waals surface area contributed by atoms with Gasteiger partial charge in [0.25, 0.3) is 0 Å². The number of nitrogens with zero attached hydrogens (tertiary/aromatic N) is 4. The van der Waals surface area contributed by atoms with Gasteiger partial charge in [-0.25, -0.2) is 14.5 Å². The maximum absolute atomic E-state index is 12.7. The van der Waals surface area contributed by atoms with Gasteiger partial charge in [-0.2, -0.15) is 5.10 Å². The number of hydrogen-bond donors (Lipinski definition) is 2. The first kappa shape index (κ1) is 29.7. The Labute approximate surface area is 231 Å². The summed E-state index contributed by atoms with van der Waals surface area (Å²) < 4.78 is 18.5. The maximum atomic E-state index is 12.7. The van der Waals surface area contributed by atoms with Gasteiger partial charge in [-0.1, -0.05) is 13.8 Å². The number of aldehydes is 1. The number of esters is 1. The number of carbonyl (C=O) groups excluding carboxylic acids is 2. The summed E-state index contributed by atoms with van der Waals surface area (Å²) in [6.07, 6.45) is 2.66. The molecular formula is C26H32ClN5O7. The fraction of sp³-hybridized carbons (Fsp3) is 0.423. The van der Waals surface area contributed by atoms with Gasteiger partial charge in [0.15, 0.2) is 5.82 Å². The molecular weight excluding hydrogens is 530 g/mol. The zero-order chi connectivity index (χ0) is 27.4. The Hall–Kier alpha value is -3.90. The van der Waals surface area contributed by atoms with Crippen molar-refractivity contribution in [3.8, 4) is 17.3 Å². The predicted octanol–water partition coefficient (Wildman–Crippen LogP) is 2.71. The summed E-state index contributed by atoms with van der Waals surface area (Å²) in [5.41, 5.74) is -0.157. The Morgan fingerprint density at radius 3 is 2.67 bits per heavy atom. The average molecular weight is 562 g/mol. The SMILES string of the molecule is COC(=O)[C@@H]1C[C@@H](Oc2cc(-n3cccn3)nc3cc(OC)ccc23)CN1CC(C)(C)[C@@H](C=O)NC(=O)O.Cl. The van der Waals surface area contributed by atoms with Crippen molar-refractivity contribution in [2.24, 2.45) is 5.41 Å². The molecule has 1 amide bonds. The van der Waals surface area contributed by atoms with E-state index >= 15 is 0 Å². The van der Waals surface area contributed by atoms with Gasteiger partial charge < -0.3 is 29.4 Å². The molecule has 2 aromatic heterocycles. The van der Waals surface area contributed by atoms with Crippen LogP contribution in [-0.4, -0.2) is 88.6 Å². The molecule has 3 aromatic rings. The second-order valence-electron chi connectivity index (χ2n) is 9.81. The molecule has 1 aliphatic rings. The van der Waals surface area contributed by atoms with Crippen LogP contribution in [0.3, 0.4) is 0 Å². The summed E-state index contributed by atoms with van der Waals surface area (Å²) in [6.45, 7) is 4.15. The number of halogens is 1. The first-order chi connectivity index (χ1) is 18.1. The number of amides is 1. The quantitative estimate of drug-likeness (QED) is 0.280. The van der Waals surface area contributed by atoms with Gasteiger partial charge in [-0.15, -0.1) is 12.4 Å². The van der Waals surface area contributed by atoms with Crippen LogP contribution < -0.4 is 14.8 Å². The molecule has 0 spiro atoms. The minimum Gasteiger partial charge on any atom is -0.497 e. The van der Waals surface area contributed by atoms with Gasteiger partial charge in [-0.3, -0.25) is 9.69 Å². The number of ether oxygens (including phenoxy) is 3. The molecule has 0 aliphatic carbocycles. The summed E-state index contributed by atoms with van der Waals surface area (Å²) in [7, 11) is 2.90. The monoisotopic (exact) mass is 561 g/mol. The summed E-state index contributed by atoms with van der Waals surface area (Å²) in [5, 5.41) is 16.4. The third kappa shape index (κ3) is 6.58. The minimum absolute atomic E-state index is 0. The normalized spacial score (nSPS) is 18.2. The standard InChI is InChI=1S/C26H31N5O7.ClH/c1-26(2,22(14-32)29-25(34)35)15-30-13-17(11-20(30)24(33)37-4)38-21-12-23(31-9-5-8-27-31)28-19-10-16(36-3)6-7-18(19)21;/h5-10,12,14,17,20,22,29H,11,13,15H2,1-4H3,(H,34,35);1H/t17-,20+,22-;/m1./s1. The lowest BCUT2D eigenvalue weighted by molar-refractivity contribution is -0.146. The largest absolute Gasteiger partial charge is 0.497 e. The lowest BCUT2D eigenvalue weighted by atomic mass is 9.84. The number of methoxy groups -OCH3 is 2. The highest BCUT2D eigenvalue weighted by atomic mass is 35.5. The summed E-state index contributed by atoms with van der Waals surface area (Å²) in [6, 6.07) is 7.49. The Balaban J connectivity index is 0.00000420. The van der Waals surface area contributed by atoms with E-state index < -0.39 is 35.7 Å². The van der Waals surface area contributed by atoms with Crippen LogP contribution in [0.5, 0.6) is 11.5 Å². The maximum Gasteiger partial charge on any atom is 0.405 e. The third-order valence-corrected chi connectivity index (χ3v) is 6.70. The molecule has 13 heteroatoms. The van der Waals surface area contributed by atoms with E-state index in [2.05, 4.69) is 10.4 Å². The van der Waals surface area contributed by atoms with Crippen molar-refractivity contribution >= 4 is 41.7 Å². The third-order valence-electron chi connectivity index (χ3n) is 6.70. The molecule has 0 radical (unpaired) electrons. The first-order valence-corrected chi connectivity index (χ1v) is 12.1. The van der Waals surface area contributed by atoms with E-state index in [-0.39, 0.29) is 19.0 Å². The zero-order valence-corrected chi connectivity index (χ0v) is 22.9. The van der Waals surface area contributed by atoms with E-state index in [0.717, 1.165) is 5.39 Å². The molecule has 39 heavy (non-hydrogen) atoms. The van der Waals surface area contributed by atoms with Crippen molar-refractivity contribution in [3.63, 3.8) is 0 Å². The zero-order valence-electron chi connectivity index (χ0n) is 22.1. The Bertz CT molecular complexity index is 1320. The number of pyridine rings is 1. The molecule has 3 heterocycles. The molecule has 0 bridgehead atoms. The summed E-state index contributed by atoms with van der Waals surface area (Å²) >= 11 is 0. The van der Waals surface area contributed by atoms with Crippen molar-refractivity contribution in [3.05, 3.63) is 42.7 Å². The Morgan fingerprint density at radius 2 is 2.05 bits per heavy atom. The number of rotatable bonds is 10. The van der Waals surface area contributed by atoms with E-state index in [1.165, 1.54) is 7.11 Å². The lowest BCUT2D eigenvalue weighted by Gasteiger charge is -2.36. The fourth-order valence-electron chi connectivity index (χ4n) is 4.76. The molecule has 210 valence electrons. The number of aromatic nitrogens is 3. The molecule has 1 saturated heterocycles. The molecule has 0 unspecified atom stereocenters. The van der Waals surface area contributed by atoms with E-state index in [1.807, 2.05) is 23.1 Å². The number of hydrogen-bond acceptors (Lipinski definition) is 9. The molecule has 3 atom stereocenters. The molecule has 1 fully saturated rings. The van der Waals surface area contributed by atoms with Crippen molar-refractivity contribution in [1.82, 2.24) is 25.0 Å². The number of fused-ring (bicyclic) bond motifs is 1. The molecule has 12 nitrogen and oxygen atoms in total. The molecule has 1 aromatic carbocycles. The van der Waals surface area contributed by atoms with Gasteiger partial charge in [0.2, 0.25) is 0 Å². The van der Waals surface area contributed by atoms with Crippen LogP contribution >= 0.6 is 12.4 Å². The second kappa shape index (κ2) is 12.3. The van der Waals surface area contributed by atoms with E-state index in [0.29, 0.717) is 42.1 Å². The van der Waals surface area contributed by atoms with Crippen molar-refractivity contribution in [2.75, 3.05) is 27.3 Å². The number of nitrogens with one attached hydrogen (secondary N) is 1. The molecule has 1 aliphatic heterocycles. The van der Waals surface area contributed by atoms with Gasteiger partial charge in [0.1, 0.15) is 29.9 Å². The summed E-state index contributed by atoms with van der Waals surface area (Å²) in [4.78, 5) is 42.1. The second-order valence-corrected chi connectivity index (χ2v) is 9.81. The fourth-order valence-corrected chi connectivity index (χ4v) is 4.76. The van der Waals surface area contributed by atoms with E-state index in [4.69, 9.17) is 24.3 Å². The molecule has 0 saturated carbocycles. The smallest absolute Gasteiger partial charge is 0.405 e. The van der Waals surface area contributed by atoms with Crippen LogP contribution in [0, 0.1) is 5.41 Å². The highest BCUT2D eigenvalue weighted by Crippen LogP contribution is 2.34. The highest BCUT2D eigenvalue weighted by molar-refractivity contribution is 5.87. The van der Waals surface area contributed by atoms with Crippen LogP contribution in [0.15, 0.2) is 42.7 Å². The number of carboxylic acid groups (broad SMARTS) is 1. The van der Waals surface area contributed by atoms with E-state index in [9.17, 15) is 14.4 Å². The Morgan fingerprint density at radius 1 is 1.28 bits per heavy atom. The average Bonchev–Trinajstić information content (AvgIpc) is 3.56. The Kier molecular flexibility index (Phi) is 9.36. The van der Waals surface area contributed by atoms with Gasteiger partial charge in [0, 0.05) is 54.8 Å². The van der Waals surface area contributed by atoms with Crippen molar-refractivity contribution in [2.45, 2.75) is 38.5 Å². The highest BCUT2D eigenvalue weighted by Gasteiger charge is 2.43. The number of likely N-dealkylation sites (tertiary alicyclic amines) is 1. The van der Waals surface area contributed by atoms with Crippen molar-refractivity contribution in [1.29, 1.82) is 0 Å². The van der Waals surface area contributed by atoms with Crippen LogP contribution in [0.4, 0.5) is 4.79 Å². The van der Waals surface area contributed by atoms with Gasteiger partial charge in [0.05, 0.1) is 25.8 Å².